The van der Waals surface area contributed by atoms with Crippen molar-refractivity contribution in [3.63, 3.8) is 0 Å². The van der Waals surface area contributed by atoms with E-state index in [1.165, 1.54) is 4.80 Å². The smallest absolute Gasteiger partial charge is 0.223 e. The van der Waals surface area contributed by atoms with Crippen LogP contribution in [0.3, 0.4) is 0 Å². The first-order valence-corrected chi connectivity index (χ1v) is 7.50. The Morgan fingerprint density at radius 3 is 2.77 bits per heavy atom. The summed E-state index contributed by atoms with van der Waals surface area (Å²) in [5, 5.41) is 15.5. The van der Waals surface area contributed by atoms with Gasteiger partial charge >= 0.3 is 0 Å². The van der Waals surface area contributed by atoms with Crippen molar-refractivity contribution in [3.05, 3.63) is 60.2 Å². The number of hydrogen-bond acceptors (Lipinski definition) is 6. The highest BCUT2D eigenvalue weighted by Crippen LogP contribution is 2.23. The molecule has 0 saturated carbocycles. The maximum absolute atomic E-state index is 4.39. The zero-order valence-electron chi connectivity index (χ0n) is 11.4. The van der Waals surface area contributed by atoms with E-state index in [0.29, 0.717) is 11.5 Å². The largest absolute Gasteiger partial charge is 0.253 e. The van der Waals surface area contributed by atoms with Crippen molar-refractivity contribution >= 4 is 11.3 Å². The number of pyridine rings is 1. The fourth-order valence-electron chi connectivity index (χ4n) is 2.05. The van der Waals surface area contributed by atoms with Crippen LogP contribution in [0.25, 0.3) is 27.8 Å². The molecule has 0 amide bonds. The van der Waals surface area contributed by atoms with E-state index >= 15 is 0 Å². The fraction of sp³-hybridized carbons (Fsp3) is 0. The first-order chi connectivity index (χ1) is 10.9. The molecule has 7 heteroatoms. The first kappa shape index (κ1) is 12.8. The summed E-state index contributed by atoms with van der Waals surface area (Å²) in [5.41, 5.74) is 2.57. The number of hydrogen-bond donors (Lipinski definition) is 0. The van der Waals surface area contributed by atoms with E-state index in [-0.39, 0.29) is 0 Å². The van der Waals surface area contributed by atoms with Gasteiger partial charge in [0.2, 0.25) is 5.82 Å². The van der Waals surface area contributed by atoms with Crippen molar-refractivity contribution in [3.8, 4) is 27.8 Å². The SMILES string of the molecule is c1ccc(-c2nnn(-c3cccc(-c4nccs4)c3)n2)nc1. The molecular weight excluding hydrogens is 296 g/mol. The number of tetrazole rings is 1. The summed E-state index contributed by atoms with van der Waals surface area (Å²) in [6.07, 6.45) is 3.50. The predicted octanol–water partition coefficient (Wildman–Crippen LogP) is 2.85. The number of thiazole rings is 1. The molecule has 0 fully saturated rings. The molecule has 0 bridgehead atoms. The molecule has 0 saturated heterocycles. The quantitative estimate of drug-likeness (QED) is 0.582. The Morgan fingerprint density at radius 1 is 0.955 bits per heavy atom. The molecule has 0 radical (unpaired) electrons. The zero-order chi connectivity index (χ0) is 14.8. The lowest BCUT2D eigenvalue weighted by Crippen LogP contribution is -1.99. The molecule has 0 N–H and O–H groups in total. The van der Waals surface area contributed by atoms with Crippen molar-refractivity contribution in [1.29, 1.82) is 0 Å². The maximum atomic E-state index is 4.39. The second-order valence-corrected chi connectivity index (χ2v) is 5.40. The van der Waals surface area contributed by atoms with E-state index in [1.54, 1.807) is 23.7 Å². The van der Waals surface area contributed by atoms with Gasteiger partial charge in [-0.15, -0.1) is 26.3 Å². The number of rotatable bonds is 3. The second kappa shape index (κ2) is 5.45. The molecule has 0 aliphatic rings. The molecule has 0 aliphatic carbocycles. The average molecular weight is 306 g/mol. The minimum absolute atomic E-state index is 0.500. The molecule has 0 unspecified atom stereocenters. The molecule has 0 spiro atoms. The van der Waals surface area contributed by atoms with Gasteiger partial charge in [-0.25, -0.2) is 4.98 Å². The van der Waals surface area contributed by atoms with Crippen LogP contribution in [0.5, 0.6) is 0 Å². The predicted molar refractivity (Wildman–Crippen MR) is 83.5 cm³/mol. The van der Waals surface area contributed by atoms with Crippen LogP contribution < -0.4 is 0 Å². The summed E-state index contributed by atoms with van der Waals surface area (Å²) in [4.78, 5) is 10.0. The van der Waals surface area contributed by atoms with Crippen LogP contribution in [0.15, 0.2) is 60.2 Å². The third kappa shape index (κ3) is 2.38. The summed E-state index contributed by atoms with van der Waals surface area (Å²) in [6.45, 7) is 0. The third-order valence-electron chi connectivity index (χ3n) is 3.06. The minimum Gasteiger partial charge on any atom is -0.253 e. The van der Waals surface area contributed by atoms with Crippen molar-refractivity contribution in [1.82, 2.24) is 30.2 Å². The van der Waals surface area contributed by atoms with E-state index in [1.807, 2.05) is 47.8 Å². The molecule has 1 aromatic carbocycles. The van der Waals surface area contributed by atoms with E-state index in [9.17, 15) is 0 Å². The standard InChI is InChI=1S/C15H10N6S/c1-2-7-16-13(6-1)14-18-20-21(19-14)12-5-3-4-11(10-12)15-17-8-9-22-15/h1-10H. The lowest BCUT2D eigenvalue weighted by molar-refractivity contribution is 0.720. The van der Waals surface area contributed by atoms with Crippen molar-refractivity contribution in [2.24, 2.45) is 0 Å². The van der Waals surface area contributed by atoms with Crippen LogP contribution in [0, 0.1) is 0 Å². The normalized spacial score (nSPS) is 10.7. The molecule has 4 rings (SSSR count). The molecule has 3 aromatic heterocycles. The summed E-state index contributed by atoms with van der Waals surface area (Å²) < 4.78 is 0. The number of benzene rings is 1. The van der Waals surface area contributed by atoms with Crippen LogP contribution in [-0.2, 0) is 0 Å². The van der Waals surface area contributed by atoms with Gasteiger partial charge in [0.1, 0.15) is 10.7 Å². The Balaban J connectivity index is 1.71. The molecule has 0 atom stereocenters. The van der Waals surface area contributed by atoms with Crippen LogP contribution >= 0.6 is 11.3 Å². The molecule has 4 aromatic rings. The zero-order valence-corrected chi connectivity index (χ0v) is 12.2. The fourth-order valence-corrected chi connectivity index (χ4v) is 2.69. The molecule has 106 valence electrons. The first-order valence-electron chi connectivity index (χ1n) is 6.62. The van der Waals surface area contributed by atoms with Crippen molar-refractivity contribution in [2.45, 2.75) is 0 Å². The van der Waals surface area contributed by atoms with Crippen LogP contribution in [0.4, 0.5) is 0 Å². The minimum atomic E-state index is 0.500. The van der Waals surface area contributed by atoms with Gasteiger partial charge in [-0.3, -0.25) is 4.98 Å². The summed E-state index contributed by atoms with van der Waals surface area (Å²) in [5.74, 6) is 0.500. The maximum Gasteiger partial charge on any atom is 0.223 e. The van der Waals surface area contributed by atoms with Crippen molar-refractivity contribution in [2.75, 3.05) is 0 Å². The number of nitrogens with zero attached hydrogens (tertiary/aromatic N) is 6. The summed E-state index contributed by atoms with van der Waals surface area (Å²) in [6, 6.07) is 13.5. The monoisotopic (exact) mass is 306 g/mol. The van der Waals surface area contributed by atoms with E-state index in [4.69, 9.17) is 0 Å². The van der Waals surface area contributed by atoms with Gasteiger partial charge in [-0.2, -0.15) is 0 Å². The lowest BCUT2D eigenvalue weighted by atomic mass is 10.2. The molecule has 6 nitrogen and oxygen atoms in total. The summed E-state index contributed by atoms with van der Waals surface area (Å²) >= 11 is 1.60. The Hall–Kier alpha value is -2.93. The van der Waals surface area contributed by atoms with Crippen LogP contribution in [0.2, 0.25) is 0 Å². The van der Waals surface area contributed by atoms with E-state index in [2.05, 4.69) is 25.4 Å². The highest BCUT2D eigenvalue weighted by Gasteiger charge is 2.09. The van der Waals surface area contributed by atoms with Gasteiger partial charge in [-0.05, 0) is 29.5 Å². The third-order valence-corrected chi connectivity index (χ3v) is 3.89. The lowest BCUT2D eigenvalue weighted by Gasteiger charge is -2.01. The summed E-state index contributed by atoms with van der Waals surface area (Å²) in [7, 11) is 0. The Morgan fingerprint density at radius 2 is 1.95 bits per heavy atom. The average Bonchev–Trinajstić information content (AvgIpc) is 3.28. The molecule has 22 heavy (non-hydrogen) atoms. The molecule has 3 heterocycles. The Labute approximate surface area is 130 Å². The van der Waals surface area contributed by atoms with E-state index in [0.717, 1.165) is 16.3 Å². The van der Waals surface area contributed by atoms with Gasteiger partial charge in [0.15, 0.2) is 0 Å². The van der Waals surface area contributed by atoms with Gasteiger partial charge in [-0.1, -0.05) is 18.2 Å². The Bertz CT molecular complexity index is 885. The highest BCUT2D eigenvalue weighted by molar-refractivity contribution is 7.13. The van der Waals surface area contributed by atoms with Crippen LogP contribution in [0.1, 0.15) is 0 Å². The van der Waals surface area contributed by atoms with E-state index < -0.39 is 0 Å². The van der Waals surface area contributed by atoms with Gasteiger partial charge in [0.25, 0.3) is 0 Å². The number of aromatic nitrogens is 6. The second-order valence-electron chi connectivity index (χ2n) is 4.51. The highest BCUT2D eigenvalue weighted by atomic mass is 32.1. The van der Waals surface area contributed by atoms with Crippen molar-refractivity contribution < 1.29 is 0 Å². The topological polar surface area (TPSA) is 69.4 Å². The van der Waals surface area contributed by atoms with Crippen LogP contribution in [-0.4, -0.2) is 30.2 Å². The Kier molecular flexibility index (Phi) is 3.17. The van der Waals surface area contributed by atoms with Gasteiger partial charge < -0.3 is 0 Å². The molecule has 0 aliphatic heterocycles. The van der Waals surface area contributed by atoms with Gasteiger partial charge in [0, 0.05) is 23.3 Å². The van der Waals surface area contributed by atoms with Gasteiger partial charge in [0.05, 0.1) is 5.69 Å². The molecular formula is C15H10N6S.